The molecule has 1 aromatic heterocycles. The third kappa shape index (κ3) is 3.48. The molecule has 30 heavy (non-hydrogen) atoms. The van der Waals surface area contributed by atoms with Gasteiger partial charge in [0, 0.05) is 22.7 Å². The molecule has 0 atom stereocenters. The second-order valence-corrected chi connectivity index (χ2v) is 7.76. The summed E-state index contributed by atoms with van der Waals surface area (Å²) in [5, 5.41) is 1.04. The third-order valence-corrected chi connectivity index (χ3v) is 5.35. The van der Waals surface area contributed by atoms with E-state index in [0.29, 0.717) is 0 Å². The van der Waals surface area contributed by atoms with Gasteiger partial charge >= 0.3 is 0 Å². The van der Waals surface area contributed by atoms with Crippen LogP contribution in [0.2, 0.25) is 0 Å². The fourth-order valence-electron chi connectivity index (χ4n) is 4.02. The zero-order valence-corrected chi connectivity index (χ0v) is 17.1. The van der Waals surface area contributed by atoms with E-state index in [2.05, 4.69) is 92.7 Å². The lowest BCUT2D eigenvalue weighted by Gasteiger charge is -2.12. The molecule has 144 valence electrons. The Hall–Kier alpha value is -3.78. The zero-order chi connectivity index (χ0) is 20.5. The lowest BCUT2D eigenvalue weighted by atomic mass is 9.96. The van der Waals surface area contributed by atoms with Crippen molar-refractivity contribution >= 4 is 10.9 Å². The van der Waals surface area contributed by atoms with Crippen molar-refractivity contribution < 1.29 is 0 Å². The number of fused-ring (bicyclic) bond motifs is 1. The molecule has 1 heterocycles. The van der Waals surface area contributed by atoms with Crippen molar-refractivity contribution in [3.63, 3.8) is 0 Å². The summed E-state index contributed by atoms with van der Waals surface area (Å²) >= 11 is 0. The number of hydrogen-bond donors (Lipinski definition) is 0. The van der Waals surface area contributed by atoms with Gasteiger partial charge in [0.1, 0.15) is 0 Å². The van der Waals surface area contributed by atoms with Crippen molar-refractivity contribution in [3.05, 3.63) is 108 Å². The van der Waals surface area contributed by atoms with Crippen molar-refractivity contribution in [1.29, 1.82) is 0 Å². The summed E-state index contributed by atoms with van der Waals surface area (Å²) in [6.45, 7) is 4.22. The van der Waals surface area contributed by atoms with Gasteiger partial charge in [0.25, 0.3) is 0 Å². The number of nitrogens with zero attached hydrogens (tertiary/aromatic N) is 2. The minimum absolute atomic E-state index is 0.763. The van der Waals surface area contributed by atoms with E-state index in [1.54, 1.807) is 0 Å². The fraction of sp³-hybridized carbons (Fsp3) is 0.0714. The lowest BCUT2D eigenvalue weighted by molar-refractivity contribution is 1.22. The predicted molar refractivity (Wildman–Crippen MR) is 125 cm³/mol. The Balaban J connectivity index is 1.77. The molecule has 5 rings (SSSR count). The highest BCUT2D eigenvalue weighted by Crippen LogP contribution is 2.34. The number of aryl methyl sites for hydroxylation is 2. The van der Waals surface area contributed by atoms with Crippen molar-refractivity contribution in [1.82, 2.24) is 9.97 Å². The number of benzene rings is 4. The van der Waals surface area contributed by atoms with Crippen LogP contribution in [-0.4, -0.2) is 9.97 Å². The molecule has 2 heteroatoms. The largest absolute Gasteiger partial charge is 0.236 e. The van der Waals surface area contributed by atoms with Crippen LogP contribution in [0.15, 0.2) is 97.2 Å². The second kappa shape index (κ2) is 7.57. The molecular formula is C28H22N2. The molecule has 0 radical (unpaired) electrons. The first-order chi connectivity index (χ1) is 14.7. The zero-order valence-electron chi connectivity index (χ0n) is 17.1. The molecule has 0 N–H and O–H groups in total. The summed E-state index contributed by atoms with van der Waals surface area (Å²) in [5.74, 6) is 0.763. The lowest BCUT2D eigenvalue weighted by Crippen LogP contribution is -1.94. The van der Waals surface area contributed by atoms with Gasteiger partial charge in [-0.25, -0.2) is 9.97 Å². The normalized spacial score (nSPS) is 11.0. The van der Waals surface area contributed by atoms with E-state index in [4.69, 9.17) is 9.97 Å². The van der Waals surface area contributed by atoms with Gasteiger partial charge < -0.3 is 0 Å². The molecule has 4 aromatic carbocycles. The standard InChI is InChI=1S/C28H22N2/c1-19-13-20(2)15-24(14-19)28-29-18-25-16-23(21-9-5-3-6-10-21)17-26(27(25)30-28)22-11-7-4-8-12-22/h3-18H,1-2H3. The van der Waals surface area contributed by atoms with Gasteiger partial charge in [0.15, 0.2) is 5.82 Å². The maximum atomic E-state index is 5.03. The molecule has 0 saturated carbocycles. The van der Waals surface area contributed by atoms with E-state index in [0.717, 1.165) is 33.4 Å². The summed E-state index contributed by atoms with van der Waals surface area (Å²) in [4.78, 5) is 9.75. The predicted octanol–water partition coefficient (Wildman–Crippen LogP) is 7.25. The van der Waals surface area contributed by atoms with Crippen LogP contribution in [0, 0.1) is 13.8 Å². The summed E-state index contributed by atoms with van der Waals surface area (Å²) in [6, 6.07) is 31.8. The van der Waals surface area contributed by atoms with Crippen LogP contribution in [0.5, 0.6) is 0 Å². The molecule has 0 aliphatic heterocycles. The van der Waals surface area contributed by atoms with E-state index in [-0.39, 0.29) is 0 Å². The smallest absolute Gasteiger partial charge is 0.159 e. The summed E-state index contributed by atoms with van der Waals surface area (Å²) in [6.07, 6.45) is 1.95. The topological polar surface area (TPSA) is 25.8 Å². The molecular weight excluding hydrogens is 364 g/mol. The molecule has 0 fully saturated rings. The maximum absolute atomic E-state index is 5.03. The van der Waals surface area contributed by atoms with Gasteiger partial charge in [-0.15, -0.1) is 0 Å². The first-order valence-corrected chi connectivity index (χ1v) is 10.2. The Labute approximate surface area is 176 Å². The van der Waals surface area contributed by atoms with Crippen LogP contribution in [0.3, 0.4) is 0 Å². The first-order valence-electron chi connectivity index (χ1n) is 10.2. The summed E-state index contributed by atoms with van der Waals surface area (Å²) < 4.78 is 0. The van der Waals surface area contributed by atoms with E-state index in [1.807, 2.05) is 18.3 Å². The van der Waals surface area contributed by atoms with Crippen molar-refractivity contribution in [2.75, 3.05) is 0 Å². The van der Waals surface area contributed by atoms with Gasteiger partial charge in [-0.05, 0) is 54.8 Å². The van der Waals surface area contributed by atoms with Crippen molar-refractivity contribution in [2.45, 2.75) is 13.8 Å². The maximum Gasteiger partial charge on any atom is 0.159 e. The minimum atomic E-state index is 0.763. The molecule has 0 aliphatic carbocycles. The Morgan fingerprint density at radius 3 is 1.87 bits per heavy atom. The average molecular weight is 386 g/mol. The van der Waals surface area contributed by atoms with E-state index >= 15 is 0 Å². The third-order valence-electron chi connectivity index (χ3n) is 5.35. The first kappa shape index (κ1) is 18.3. The van der Waals surface area contributed by atoms with Crippen LogP contribution >= 0.6 is 0 Å². The highest BCUT2D eigenvalue weighted by atomic mass is 14.9. The van der Waals surface area contributed by atoms with Crippen LogP contribution in [0.25, 0.3) is 44.5 Å². The molecule has 0 saturated heterocycles. The minimum Gasteiger partial charge on any atom is -0.236 e. The van der Waals surface area contributed by atoms with Crippen LogP contribution < -0.4 is 0 Å². The SMILES string of the molecule is Cc1cc(C)cc(-c2ncc3cc(-c4ccccc4)cc(-c4ccccc4)c3n2)c1. The highest BCUT2D eigenvalue weighted by molar-refractivity contribution is 5.97. The molecule has 0 unspecified atom stereocenters. The van der Waals surface area contributed by atoms with Crippen LogP contribution in [-0.2, 0) is 0 Å². The highest BCUT2D eigenvalue weighted by Gasteiger charge is 2.12. The number of rotatable bonds is 3. The molecule has 0 bridgehead atoms. The van der Waals surface area contributed by atoms with Gasteiger partial charge in [-0.3, -0.25) is 0 Å². The molecule has 5 aromatic rings. The Morgan fingerprint density at radius 2 is 1.20 bits per heavy atom. The molecule has 0 spiro atoms. The number of hydrogen-bond acceptors (Lipinski definition) is 2. The summed E-state index contributed by atoms with van der Waals surface area (Å²) in [7, 11) is 0. The van der Waals surface area contributed by atoms with Crippen molar-refractivity contribution in [2.24, 2.45) is 0 Å². The quantitative estimate of drug-likeness (QED) is 0.326. The van der Waals surface area contributed by atoms with E-state index < -0.39 is 0 Å². The Kier molecular flexibility index (Phi) is 4.61. The van der Waals surface area contributed by atoms with Gasteiger partial charge in [0.2, 0.25) is 0 Å². The Morgan fingerprint density at radius 1 is 0.567 bits per heavy atom. The van der Waals surface area contributed by atoms with Crippen LogP contribution in [0.4, 0.5) is 0 Å². The van der Waals surface area contributed by atoms with Crippen molar-refractivity contribution in [3.8, 4) is 33.6 Å². The summed E-state index contributed by atoms with van der Waals surface area (Å²) in [5.41, 5.74) is 9.11. The second-order valence-electron chi connectivity index (χ2n) is 7.76. The Bertz CT molecular complexity index is 1320. The average Bonchev–Trinajstić information content (AvgIpc) is 2.78. The fourth-order valence-corrected chi connectivity index (χ4v) is 4.02. The monoisotopic (exact) mass is 386 g/mol. The van der Waals surface area contributed by atoms with Gasteiger partial charge in [0.05, 0.1) is 5.52 Å². The van der Waals surface area contributed by atoms with E-state index in [9.17, 15) is 0 Å². The van der Waals surface area contributed by atoms with Gasteiger partial charge in [-0.2, -0.15) is 0 Å². The molecule has 2 nitrogen and oxygen atoms in total. The van der Waals surface area contributed by atoms with E-state index in [1.165, 1.54) is 22.3 Å². The number of aromatic nitrogens is 2. The molecule has 0 aliphatic rings. The molecule has 0 amide bonds. The van der Waals surface area contributed by atoms with Gasteiger partial charge in [-0.1, -0.05) is 77.9 Å². The van der Waals surface area contributed by atoms with Crippen LogP contribution in [0.1, 0.15) is 11.1 Å².